The average Bonchev–Trinajstić information content (AvgIpc) is 2.77. The highest BCUT2D eigenvalue weighted by atomic mass is 79.9. The molecule has 0 amide bonds. The molecule has 1 aliphatic heterocycles. The summed E-state index contributed by atoms with van der Waals surface area (Å²) in [5, 5.41) is 9.56. The first-order valence-electron chi connectivity index (χ1n) is 7.48. The van der Waals surface area contributed by atoms with E-state index in [1.54, 1.807) is 11.3 Å². The van der Waals surface area contributed by atoms with Crippen molar-refractivity contribution in [2.45, 2.75) is 57.2 Å². The predicted octanol–water partition coefficient (Wildman–Crippen LogP) is 4.77. The van der Waals surface area contributed by atoms with Crippen LogP contribution >= 0.6 is 38.9 Å². The second kappa shape index (κ2) is 6.57. The molecule has 3 rings (SSSR count). The van der Waals surface area contributed by atoms with E-state index >= 15 is 0 Å². The molecule has 1 aromatic heterocycles. The third kappa shape index (κ3) is 3.31. The summed E-state index contributed by atoms with van der Waals surface area (Å²) in [6.45, 7) is 0.703. The molecule has 0 spiro atoms. The summed E-state index contributed by atoms with van der Waals surface area (Å²) >= 11 is 11.1. The molecular formula is C15H19BrClNO2S. The molecule has 1 aromatic rings. The van der Waals surface area contributed by atoms with Crippen LogP contribution in [-0.4, -0.2) is 28.1 Å². The highest BCUT2D eigenvalue weighted by Crippen LogP contribution is 2.40. The number of carbonyl (C=O) groups is 1. The Bertz CT molecular complexity index is 516. The summed E-state index contributed by atoms with van der Waals surface area (Å²) in [6, 6.07) is 2.11. The van der Waals surface area contributed by atoms with Crippen LogP contribution in [0.3, 0.4) is 0 Å². The zero-order valence-corrected chi connectivity index (χ0v) is 14.9. The van der Waals surface area contributed by atoms with Crippen molar-refractivity contribution in [1.82, 2.24) is 4.90 Å². The predicted molar refractivity (Wildman–Crippen MR) is 89.0 cm³/mol. The summed E-state index contributed by atoms with van der Waals surface area (Å²) in [7, 11) is 0. The van der Waals surface area contributed by atoms with Crippen LogP contribution in [0.4, 0.5) is 0 Å². The average molecular weight is 393 g/mol. The normalized spacial score (nSPS) is 30.1. The molecule has 2 heterocycles. The molecule has 3 nitrogen and oxygen atoms in total. The summed E-state index contributed by atoms with van der Waals surface area (Å²) in [5.41, 5.74) is 0. The van der Waals surface area contributed by atoms with Gasteiger partial charge >= 0.3 is 5.97 Å². The SMILES string of the molecule is O=C(O)C1CCC2CCCCC2N1Cc1cc(Br)c(Cl)s1. The Balaban J connectivity index is 1.83. The van der Waals surface area contributed by atoms with Crippen molar-refractivity contribution in [2.24, 2.45) is 5.92 Å². The molecule has 2 aliphatic rings. The molecule has 2 fully saturated rings. The maximum absolute atomic E-state index is 11.6. The lowest BCUT2D eigenvalue weighted by molar-refractivity contribution is -0.148. The number of carboxylic acid groups (broad SMARTS) is 1. The minimum Gasteiger partial charge on any atom is -0.480 e. The molecule has 1 saturated carbocycles. The van der Waals surface area contributed by atoms with E-state index in [0.717, 1.165) is 32.9 Å². The lowest BCUT2D eigenvalue weighted by Gasteiger charge is -2.47. The highest BCUT2D eigenvalue weighted by molar-refractivity contribution is 9.10. The van der Waals surface area contributed by atoms with Crippen LogP contribution in [0.2, 0.25) is 4.34 Å². The first-order chi connectivity index (χ1) is 10.1. The van der Waals surface area contributed by atoms with E-state index in [1.165, 1.54) is 19.3 Å². The zero-order chi connectivity index (χ0) is 15.0. The van der Waals surface area contributed by atoms with Gasteiger partial charge in [0, 0.05) is 21.9 Å². The van der Waals surface area contributed by atoms with E-state index in [0.29, 0.717) is 18.5 Å². The van der Waals surface area contributed by atoms with Gasteiger partial charge in [0.15, 0.2) is 0 Å². The van der Waals surface area contributed by atoms with Crippen molar-refractivity contribution >= 4 is 44.8 Å². The number of hydrogen-bond donors (Lipinski definition) is 1. The van der Waals surface area contributed by atoms with Crippen molar-refractivity contribution in [3.63, 3.8) is 0 Å². The van der Waals surface area contributed by atoms with Crippen molar-refractivity contribution < 1.29 is 9.90 Å². The number of nitrogens with zero attached hydrogens (tertiary/aromatic N) is 1. The lowest BCUT2D eigenvalue weighted by atomic mass is 9.76. The number of carboxylic acids is 1. The minimum atomic E-state index is -0.680. The number of aliphatic carboxylic acids is 1. The first kappa shape index (κ1) is 15.8. The van der Waals surface area contributed by atoms with Crippen LogP contribution in [-0.2, 0) is 11.3 Å². The van der Waals surface area contributed by atoms with Crippen LogP contribution in [0.1, 0.15) is 43.4 Å². The fourth-order valence-electron chi connectivity index (χ4n) is 3.87. The van der Waals surface area contributed by atoms with E-state index in [2.05, 4.69) is 20.8 Å². The van der Waals surface area contributed by atoms with E-state index in [4.69, 9.17) is 11.6 Å². The Kier molecular flexibility index (Phi) is 4.94. The smallest absolute Gasteiger partial charge is 0.320 e. The molecule has 0 bridgehead atoms. The first-order valence-corrected chi connectivity index (χ1v) is 9.47. The van der Waals surface area contributed by atoms with Gasteiger partial charge in [-0.3, -0.25) is 9.69 Å². The number of hydrogen-bond acceptors (Lipinski definition) is 3. The molecule has 0 radical (unpaired) electrons. The number of halogens is 2. The standard InChI is InChI=1S/C15H19BrClNO2S/c16-11-7-10(21-14(11)17)8-18-12-4-2-1-3-9(12)5-6-13(18)15(19)20/h7,9,12-13H,1-6,8H2,(H,19,20). The molecular weight excluding hydrogens is 374 g/mol. The van der Waals surface area contributed by atoms with Gasteiger partial charge in [0.25, 0.3) is 0 Å². The number of piperidine rings is 1. The number of fused-ring (bicyclic) bond motifs is 1. The molecule has 1 aliphatic carbocycles. The van der Waals surface area contributed by atoms with Crippen LogP contribution < -0.4 is 0 Å². The van der Waals surface area contributed by atoms with Gasteiger partial charge in [0.05, 0.1) is 0 Å². The quantitative estimate of drug-likeness (QED) is 0.805. The van der Waals surface area contributed by atoms with Crippen molar-refractivity contribution in [2.75, 3.05) is 0 Å². The Hall–Kier alpha value is -0.100. The summed E-state index contributed by atoms with van der Waals surface area (Å²) in [6.07, 6.45) is 6.74. The maximum Gasteiger partial charge on any atom is 0.320 e. The van der Waals surface area contributed by atoms with E-state index in [9.17, 15) is 9.90 Å². The number of likely N-dealkylation sites (tertiary alicyclic amines) is 1. The van der Waals surface area contributed by atoms with Gasteiger partial charge in [0.2, 0.25) is 0 Å². The van der Waals surface area contributed by atoms with Gasteiger partial charge in [-0.15, -0.1) is 11.3 Å². The number of rotatable bonds is 3. The topological polar surface area (TPSA) is 40.5 Å². The Morgan fingerprint density at radius 2 is 2.14 bits per heavy atom. The summed E-state index contributed by atoms with van der Waals surface area (Å²) in [5.74, 6) is -0.00559. The number of thiophene rings is 1. The third-order valence-electron chi connectivity index (χ3n) is 4.83. The van der Waals surface area contributed by atoms with E-state index < -0.39 is 5.97 Å². The van der Waals surface area contributed by atoms with Crippen LogP contribution in [0, 0.1) is 5.92 Å². The lowest BCUT2D eigenvalue weighted by Crippen LogP contribution is -2.54. The van der Waals surface area contributed by atoms with Crippen LogP contribution in [0.25, 0.3) is 0 Å². The van der Waals surface area contributed by atoms with Gasteiger partial charge in [-0.2, -0.15) is 0 Å². The second-order valence-electron chi connectivity index (χ2n) is 6.05. The fourth-order valence-corrected chi connectivity index (χ4v) is 5.67. The van der Waals surface area contributed by atoms with Crippen molar-refractivity contribution in [1.29, 1.82) is 0 Å². The molecule has 3 unspecified atom stereocenters. The van der Waals surface area contributed by atoms with Gasteiger partial charge < -0.3 is 5.11 Å². The van der Waals surface area contributed by atoms with Crippen LogP contribution in [0.15, 0.2) is 10.5 Å². The molecule has 116 valence electrons. The molecule has 21 heavy (non-hydrogen) atoms. The van der Waals surface area contributed by atoms with E-state index in [1.807, 2.05) is 6.07 Å². The minimum absolute atomic E-state index is 0.344. The van der Waals surface area contributed by atoms with Gasteiger partial charge in [-0.25, -0.2) is 0 Å². The molecule has 6 heteroatoms. The summed E-state index contributed by atoms with van der Waals surface area (Å²) < 4.78 is 1.65. The Morgan fingerprint density at radius 3 is 2.81 bits per heavy atom. The van der Waals surface area contributed by atoms with Crippen molar-refractivity contribution in [3.05, 3.63) is 19.8 Å². The fraction of sp³-hybridized carbons (Fsp3) is 0.667. The summed E-state index contributed by atoms with van der Waals surface area (Å²) in [4.78, 5) is 15.0. The zero-order valence-electron chi connectivity index (χ0n) is 11.7. The molecule has 3 atom stereocenters. The molecule has 1 saturated heterocycles. The molecule has 0 aromatic carbocycles. The van der Waals surface area contributed by atoms with E-state index in [-0.39, 0.29) is 6.04 Å². The Labute approximate surface area is 142 Å². The maximum atomic E-state index is 11.6. The second-order valence-corrected chi connectivity index (χ2v) is 8.64. The van der Waals surface area contributed by atoms with Crippen LogP contribution in [0.5, 0.6) is 0 Å². The van der Waals surface area contributed by atoms with Crippen molar-refractivity contribution in [3.8, 4) is 0 Å². The van der Waals surface area contributed by atoms with Gasteiger partial charge in [0.1, 0.15) is 10.4 Å². The monoisotopic (exact) mass is 391 g/mol. The van der Waals surface area contributed by atoms with Gasteiger partial charge in [-0.05, 0) is 53.6 Å². The Morgan fingerprint density at radius 1 is 1.38 bits per heavy atom. The highest BCUT2D eigenvalue weighted by Gasteiger charge is 2.41. The van der Waals surface area contributed by atoms with Gasteiger partial charge in [-0.1, -0.05) is 24.4 Å². The molecule has 1 N–H and O–H groups in total. The largest absolute Gasteiger partial charge is 0.480 e. The third-order valence-corrected chi connectivity index (χ3v) is 7.29.